The molecule has 0 N–H and O–H groups in total. The Hall–Kier alpha value is 0.846. The maximum absolute atomic E-state index is 6.01. The van der Waals surface area contributed by atoms with Crippen LogP contribution in [0.4, 0.5) is 0 Å². The van der Waals surface area contributed by atoms with Crippen LogP contribution < -0.4 is 24.8 Å². The minimum atomic E-state index is -2.65. The standard InChI is InChI=1S/C16H22.2C5H5.5CH3.4ClH.2Zr/c1-9-7-15(13(5)11(9)3)16-8-10(2)12(4)14(16)6;2*1-2-4-5-3-1;;;;;;;;;;;/h7-8H2,1-6H3;2*1-3H,4H2;5*1H3;4*1H;;/q;;;;;;;;;;;;2*+2/p-4. The van der Waals surface area contributed by atoms with Crippen molar-refractivity contribution in [1.29, 1.82) is 0 Å². The molecule has 0 spiro atoms. The van der Waals surface area contributed by atoms with Gasteiger partial charge in [0.05, 0.1) is 0 Å². The summed E-state index contributed by atoms with van der Waals surface area (Å²) in [4.78, 5) is 0. The quantitative estimate of drug-likeness (QED) is 0.325. The van der Waals surface area contributed by atoms with E-state index in [1.807, 2.05) is 10.7 Å². The molecule has 0 saturated carbocycles. The minimum absolute atomic E-state index is 0. The van der Waals surface area contributed by atoms with Crippen molar-refractivity contribution < 1.29 is 61.5 Å². The smallest absolute Gasteiger partial charge is 1.00 e. The Morgan fingerprint density at radius 2 is 1.05 bits per heavy atom. The van der Waals surface area contributed by atoms with Crippen LogP contribution in [0.25, 0.3) is 0 Å². The van der Waals surface area contributed by atoms with Crippen molar-refractivity contribution in [3.05, 3.63) is 87.6 Å². The zero-order valence-corrected chi connectivity index (χ0v) is 32.7. The van der Waals surface area contributed by atoms with E-state index in [2.05, 4.69) is 90.4 Å². The van der Waals surface area contributed by atoms with Gasteiger partial charge in [0.15, 0.2) is 0 Å². The van der Waals surface area contributed by atoms with Crippen molar-refractivity contribution in [3.63, 3.8) is 0 Å². The molecule has 0 aromatic rings. The Balaban J connectivity index is 0.000000540. The van der Waals surface area contributed by atoms with Gasteiger partial charge >= 0.3 is 133 Å². The second-order valence-electron chi connectivity index (χ2n) is 12.9. The molecule has 0 aromatic heterocycles. The first kappa shape index (κ1) is 37.8. The first-order chi connectivity index (χ1) is 15.9. The molecule has 4 aliphatic rings. The third-order valence-electron chi connectivity index (χ3n) is 7.95. The van der Waals surface area contributed by atoms with E-state index in [9.17, 15) is 0 Å². The van der Waals surface area contributed by atoms with Gasteiger partial charge in [-0.25, -0.2) is 0 Å². The van der Waals surface area contributed by atoms with Crippen LogP contribution in [0.15, 0.2) is 87.6 Å². The summed E-state index contributed by atoms with van der Waals surface area (Å²) >= 11 is -4.85. The van der Waals surface area contributed by atoms with Crippen LogP contribution in [0.2, 0.25) is 23.2 Å². The van der Waals surface area contributed by atoms with Crippen LogP contribution in [0.1, 0.15) is 67.2 Å². The van der Waals surface area contributed by atoms with Gasteiger partial charge in [0.1, 0.15) is 0 Å². The van der Waals surface area contributed by atoms with E-state index in [1.54, 1.807) is 25.6 Å². The summed E-state index contributed by atoms with van der Waals surface area (Å²) in [5.41, 5.74) is 12.4. The summed E-state index contributed by atoms with van der Waals surface area (Å²) in [6, 6.07) is 0. The molecular formula is C31H47Cl4Zr2. The Morgan fingerprint density at radius 1 is 0.649 bits per heavy atom. The zero-order chi connectivity index (χ0) is 26.8. The van der Waals surface area contributed by atoms with Crippen LogP contribution in [0.3, 0.4) is 0 Å². The molecule has 207 valence electrons. The molecule has 0 heterocycles. The van der Waals surface area contributed by atoms with E-state index >= 15 is 0 Å². The first-order valence-electron chi connectivity index (χ1n) is 13.0. The number of allylic oxidation sites excluding steroid dienone is 16. The van der Waals surface area contributed by atoms with Crippen LogP contribution in [0, 0.1) is 0 Å². The van der Waals surface area contributed by atoms with E-state index in [4.69, 9.17) is 17.0 Å². The van der Waals surface area contributed by atoms with E-state index in [0.29, 0.717) is 0 Å². The van der Waals surface area contributed by atoms with Gasteiger partial charge in [-0.15, -0.1) is 0 Å². The summed E-state index contributed by atoms with van der Waals surface area (Å²) < 4.78 is 15.0. The fourth-order valence-corrected chi connectivity index (χ4v) is 12.7. The predicted octanol–water partition coefficient (Wildman–Crippen LogP) is 6.16. The van der Waals surface area contributed by atoms with Crippen molar-refractivity contribution in [1.82, 2.24) is 0 Å². The average molecular weight is 744 g/mol. The van der Waals surface area contributed by atoms with Crippen molar-refractivity contribution in [2.45, 2.75) is 90.4 Å². The second kappa shape index (κ2) is 14.7. The zero-order valence-electron chi connectivity index (χ0n) is 24.8. The number of hydrogen-bond acceptors (Lipinski definition) is 0. The fourth-order valence-electron chi connectivity index (χ4n) is 4.78. The minimum Gasteiger partial charge on any atom is -1.00 e. The largest absolute Gasteiger partial charge is 1.00 e. The summed E-state index contributed by atoms with van der Waals surface area (Å²) in [7, 11) is 12.0. The molecule has 0 unspecified atom stereocenters. The molecule has 4 rings (SSSR count). The Labute approximate surface area is 253 Å². The molecule has 0 aliphatic heterocycles. The predicted molar refractivity (Wildman–Crippen MR) is 156 cm³/mol. The topological polar surface area (TPSA) is 0 Å². The molecular weight excluding hydrogens is 697 g/mol. The number of hydrogen-bond donors (Lipinski definition) is 0. The van der Waals surface area contributed by atoms with Gasteiger partial charge in [-0.3, -0.25) is 0 Å². The number of rotatable bonds is 3. The van der Waals surface area contributed by atoms with Crippen molar-refractivity contribution in [2.24, 2.45) is 0 Å². The normalized spacial score (nSPS) is 19.3. The van der Waals surface area contributed by atoms with E-state index in [-0.39, 0.29) is 24.8 Å². The molecule has 6 heteroatoms. The van der Waals surface area contributed by atoms with Crippen molar-refractivity contribution in [3.8, 4) is 0 Å². The summed E-state index contributed by atoms with van der Waals surface area (Å²) in [6.45, 7) is 13.6. The third kappa shape index (κ3) is 10.6. The molecule has 37 heavy (non-hydrogen) atoms. The third-order valence-corrected chi connectivity index (χ3v) is 21.7. The monoisotopic (exact) mass is 739 g/mol. The van der Waals surface area contributed by atoms with Crippen molar-refractivity contribution >= 4 is 17.0 Å². The van der Waals surface area contributed by atoms with Gasteiger partial charge < -0.3 is 24.8 Å². The van der Waals surface area contributed by atoms with Crippen molar-refractivity contribution in [2.75, 3.05) is 0 Å². The molecule has 4 aliphatic carbocycles. The maximum atomic E-state index is 6.01. The SMILES string of the molecule is CC1=C(C)C(C)=C(C2=C(C)C(C)=C(C)C2)C1.[CH3][Zr+2]([CH3])([CH3])([CH3])[C]1=CC=CC1.[CH3][Zr]([Cl])([Cl])[C]1=CC=CC1.[Cl-].[Cl-]. The van der Waals surface area contributed by atoms with Crippen LogP contribution in [0.5, 0.6) is 0 Å². The van der Waals surface area contributed by atoms with Gasteiger partial charge in [-0.05, 0) is 87.8 Å². The molecule has 0 atom stereocenters. The summed E-state index contributed by atoms with van der Waals surface area (Å²) in [5, 5.41) is 0. The summed E-state index contributed by atoms with van der Waals surface area (Å²) in [5.74, 6) is 0. The van der Waals surface area contributed by atoms with E-state index in [0.717, 1.165) is 6.42 Å². The first-order valence-corrected chi connectivity index (χ1v) is 34.1. The van der Waals surface area contributed by atoms with E-state index < -0.39 is 36.7 Å². The van der Waals surface area contributed by atoms with E-state index in [1.165, 1.54) is 44.8 Å². The Morgan fingerprint density at radius 3 is 1.24 bits per heavy atom. The molecule has 0 fully saturated rings. The van der Waals surface area contributed by atoms with Crippen LogP contribution in [-0.4, -0.2) is 0 Å². The molecule has 0 aromatic carbocycles. The second-order valence-corrected chi connectivity index (χ2v) is 50.2. The van der Waals surface area contributed by atoms with Gasteiger partial charge in [0, 0.05) is 0 Å². The Kier molecular flexibility index (Phi) is 15.0. The van der Waals surface area contributed by atoms with Gasteiger partial charge in [0.25, 0.3) is 0 Å². The van der Waals surface area contributed by atoms with Crippen LogP contribution in [-0.2, 0) is 36.7 Å². The molecule has 0 bridgehead atoms. The van der Waals surface area contributed by atoms with Gasteiger partial charge in [-0.2, -0.15) is 0 Å². The molecule has 0 saturated heterocycles. The maximum Gasteiger partial charge on any atom is -1.00 e. The number of halogens is 4. The van der Waals surface area contributed by atoms with Crippen LogP contribution >= 0.6 is 17.0 Å². The van der Waals surface area contributed by atoms with Gasteiger partial charge in [0.2, 0.25) is 0 Å². The fraction of sp³-hybridized carbons (Fsp3) is 0.484. The average Bonchev–Trinajstić information content (AvgIpc) is 3.52. The van der Waals surface area contributed by atoms with Gasteiger partial charge in [-0.1, -0.05) is 11.1 Å². The summed E-state index contributed by atoms with van der Waals surface area (Å²) in [6.07, 6.45) is 17.5. The molecule has 0 amide bonds. The molecule has 0 nitrogen and oxygen atoms in total. The Bertz CT molecular complexity index is 1070. The molecule has 0 radical (unpaired) electrons.